The van der Waals surface area contributed by atoms with Crippen LogP contribution in [0.15, 0.2) is 30.3 Å². The van der Waals surface area contributed by atoms with Gasteiger partial charge < -0.3 is 9.47 Å². The molecule has 2 aromatic rings. The molecule has 0 bridgehead atoms. The van der Waals surface area contributed by atoms with Crippen molar-refractivity contribution >= 4 is 23.2 Å². The average molecular weight is 327 g/mol. The fourth-order valence-corrected chi connectivity index (χ4v) is 3.05. The summed E-state index contributed by atoms with van der Waals surface area (Å²) in [4.78, 5) is 0. The van der Waals surface area contributed by atoms with Gasteiger partial charge >= 0.3 is 0 Å². The van der Waals surface area contributed by atoms with E-state index in [4.69, 9.17) is 32.7 Å². The zero-order chi connectivity index (χ0) is 15.0. The van der Waals surface area contributed by atoms with Crippen LogP contribution in [-0.4, -0.2) is 13.7 Å². The lowest BCUT2D eigenvalue weighted by molar-refractivity contribution is 0.353. The molecule has 21 heavy (non-hydrogen) atoms. The van der Waals surface area contributed by atoms with E-state index in [2.05, 4.69) is 0 Å². The lowest BCUT2D eigenvalue weighted by Crippen LogP contribution is -1.99. The normalized spacial score (nSPS) is 14.5. The van der Waals surface area contributed by atoms with Crippen molar-refractivity contribution in [3.63, 3.8) is 0 Å². The van der Waals surface area contributed by atoms with Gasteiger partial charge in [0.1, 0.15) is 5.75 Å². The molecule has 1 aliphatic rings. The van der Waals surface area contributed by atoms with Crippen molar-refractivity contribution in [3.05, 3.63) is 57.9 Å². The summed E-state index contributed by atoms with van der Waals surface area (Å²) in [6.45, 7) is 0.624. The van der Waals surface area contributed by atoms with Crippen LogP contribution in [0.3, 0.4) is 0 Å². The van der Waals surface area contributed by atoms with Gasteiger partial charge in [-0.15, -0.1) is 11.6 Å². The first-order valence-electron chi connectivity index (χ1n) is 6.52. The lowest BCUT2D eigenvalue weighted by Gasteiger charge is -2.16. The number of hydrogen-bond acceptors (Lipinski definition) is 2. The van der Waals surface area contributed by atoms with Crippen molar-refractivity contribution in [2.24, 2.45) is 0 Å². The van der Waals surface area contributed by atoms with E-state index in [1.54, 1.807) is 18.2 Å². The van der Waals surface area contributed by atoms with Crippen molar-refractivity contribution in [2.75, 3.05) is 13.7 Å². The van der Waals surface area contributed by atoms with Crippen molar-refractivity contribution in [1.29, 1.82) is 0 Å². The van der Waals surface area contributed by atoms with Crippen LogP contribution in [0.4, 0.5) is 4.39 Å². The number of benzene rings is 2. The molecule has 3 rings (SSSR count). The molecule has 0 fully saturated rings. The molecule has 5 heteroatoms. The van der Waals surface area contributed by atoms with E-state index >= 15 is 0 Å². The number of alkyl halides is 1. The number of hydrogen-bond donors (Lipinski definition) is 0. The molecular weight excluding hydrogens is 314 g/mol. The highest BCUT2D eigenvalue weighted by atomic mass is 35.5. The molecule has 1 unspecified atom stereocenters. The minimum Gasteiger partial charge on any atom is -0.494 e. The Kier molecular flexibility index (Phi) is 3.96. The Morgan fingerprint density at radius 1 is 1.29 bits per heavy atom. The molecule has 1 heterocycles. The van der Waals surface area contributed by atoms with E-state index in [-0.39, 0.29) is 5.75 Å². The molecule has 0 aliphatic carbocycles. The fraction of sp³-hybridized carbons (Fsp3) is 0.250. The summed E-state index contributed by atoms with van der Waals surface area (Å²) in [6.07, 6.45) is 0.819. The highest BCUT2D eigenvalue weighted by molar-refractivity contribution is 6.31. The maximum absolute atomic E-state index is 13.5. The quantitative estimate of drug-likeness (QED) is 0.758. The first kappa shape index (κ1) is 14.5. The highest BCUT2D eigenvalue weighted by Gasteiger charge is 2.24. The van der Waals surface area contributed by atoms with Gasteiger partial charge in [-0.25, -0.2) is 4.39 Å². The highest BCUT2D eigenvalue weighted by Crippen LogP contribution is 2.42. The summed E-state index contributed by atoms with van der Waals surface area (Å²) >= 11 is 12.7. The van der Waals surface area contributed by atoms with Gasteiger partial charge in [-0.05, 0) is 35.4 Å². The number of rotatable bonds is 3. The summed E-state index contributed by atoms with van der Waals surface area (Å²) in [6, 6.07) is 8.25. The monoisotopic (exact) mass is 326 g/mol. The topological polar surface area (TPSA) is 18.5 Å². The second-order valence-electron chi connectivity index (χ2n) is 4.84. The van der Waals surface area contributed by atoms with Crippen LogP contribution >= 0.6 is 23.2 Å². The number of fused-ring (bicyclic) bond motifs is 1. The third kappa shape index (κ3) is 2.68. The van der Waals surface area contributed by atoms with Gasteiger partial charge in [-0.1, -0.05) is 17.7 Å². The Morgan fingerprint density at radius 3 is 2.86 bits per heavy atom. The number of methoxy groups -OCH3 is 1. The van der Waals surface area contributed by atoms with Crippen LogP contribution < -0.4 is 9.47 Å². The second kappa shape index (κ2) is 5.74. The molecule has 0 aromatic heterocycles. The van der Waals surface area contributed by atoms with Crippen LogP contribution in [0.2, 0.25) is 5.02 Å². The van der Waals surface area contributed by atoms with Crippen LogP contribution in [0.5, 0.6) is 11.5 Å². The molecule has 0 saturated carbocycles. The van der Waals surface area contributed by atoms with E-state index in [9.17, 15) is 4.39 Å². The Bertz CT molecular complexity index is 688. The smallest absolute Gasteiger partial charge is 0.165 e. The van der Waals surface area contributed by atoms with Gasteiger partial charge in [-0.2, -0.15) is 0 Å². The molecule has 0 N–H and O–H groups in total. The summed E-state index contributed by atoms with van der Waals surface area (Å²) in [5.41, 5.74) is 2.58. The molecular formula is C16H13Cl2FO2. The van der Waals surface area contributed by atoms with Crippen molar-refractivity contribution in [3.8, 4) is 11.5 Å². The van der Waals surface area contributed by atoms with Crippen LogP contribution in [0, 0.1) is 5.82 Å². The van der Waals surface area contributed by atoms with Gasteiger partial charge in [-0.3, -0.25) is 0 Å². The molecule has 2 aromatic carbocycles. The van der Waals surface area contributed by atoms with E-state index in [1.807, 2.05) is 6.07 Å². The first-order chi connectivity index (χ1) is 10.1. The van der Waals surface area contributed by atoms with E-state index in [1.165, 1.54) is 13.2 Å². The molecule has 2 nitrogen and oxygen atoms in total. The summed E-state index contributed by atoms with van der Waals surface area (Å²) < 4.78 is 24.2. The van der Waals surface area contributed by atoms with Crippen molar-refractivity contribution in [1.82, 2.24) is 0 Å². The molecule has 110 valence electrons. The Balaban J connectivity index is 2.05. The minimum atomic E-state index is -0.481. The van der Waals surface area contributed by atoms with Gasteiger partial charge in [0, 0.05) is 17.0 Å². The predicted octanol–water partition coefficient (Wildman–Crippen LogP) is 4.75. The Morgan fingerprint density at radius 2 is 2.10 bits per heavy atom. The molecule has 0 radical (unpaired) electrons. The standard InChI is InChI=1S/C16H13Cl2FO2/c1-20-14-7-9(2-3-13(14)19)15(18)12-8-11(17)6-10-4-5-21-16(10)12/h2-3,6-8,15H,4-5H2,1H3. The van der Waals surface area contributed by atoms with Crippen molar-refractivity contribution < 1.29 is 13.9 Å². The largest absolute Gasteiger partial charge is 0.494 e. The number of halogens is 3. The Labute approximate surface area is 132 Å². The molecule has 1 atom stereocenters. The van der Waals surface area contributed by atoms with Crippen LogP contribution in [0.1, 0.15) is 22.1 Å². The summed E-state index contributed by atoms with van der Waals surface area (Å²) in [5.74, 6) is 0.526. The van der Waals surface area contributed by atoms with Gasteiger partial charge in [0.05, 0.1) is 19.1 Å². The maximum atomic E-state index is 13.5. The second-order valence-corrected chi connectivity index (χ2v) is 5.71. The van der Waals surface area contributed by atoms with Gasteiger partial charge in [0.25, 0.3) is 0 Å². The molecule has 0 saturated heterocycles. The summed E-state index contributed by atoms with van der Waals surface area (Å²) in [7, 11) is 1.42. The summed E-state index contributed by atoms with van der Waals surface area (Å²) in [5, 5.41) is 0.138. The maximum Gasteiger partial charge on any atom is 0.165 e. The van der Waals surface area contributed by atoms with E-state index < -0.39 is 11.2 Å². The third-order valence-electron chi connectivity index (χ3n) is 3.52. The van der Waals surface area contributed by atoms with Gasteiger partial charge in [0.2, 0.25) is 0 Å². The van der Waals surface area contributed by atoms with Gasteiger partial charge in [0.15, 0.2) is 11.6 Å². The zero-order valence-corrected chi connectivity index (χ0v) is 12.8. The van der Waals surface area contributed by atoms with E-state index in [0.29, 0.717) is 11.6 Å². The molecule has 0 spiro atoms. The molecule has 1 aliphatic heterocycles. The van der Waals surface area contributed by atoms with Crippen molar-refractivity contribution in [2.45, 2.75) is 11.8 Å². The third-order valence-corrected chi connectivity index (χ3v) is 4.22. The minimum absolute atomic E-state index is 0.165. The predicted molar refractivity (Wildman–Crippen MR) is 81.3 cm³/mol. The van der Waals surface area contributed by atoms with E-state index in [0.717, 1.165) is 28.9 Å². The SMILES string of the molecule is COc1cc(C(Cl)c2cc(Cl)cc3c2OCC3)ccc1F. The average Bonchev–Trinajstić information content (AvgIpc) is 2.94. The molecule has 0 amide bonds. The number of ether oxygens (including phenoxy) is 2. The van der Waals surface area contributed by atoms with Crippen LogP contribution in [-0.2, 0) is 6.42 Å². The Hall–Kier alpha value is -1.45. The first-order valence-corrected chi connectivity index (χ1v) is 7.34. The zero-order valence-electron chi connectivity index (χ0n) is 11.3. The van der Waals surface area contributed by atoms with Crippen LogP contribution in [0.25, 0.3) is 0 Å². The fourth-order valence-electron chi connectivity index (χ4n) is 2.50. The lowest BCUT2D eigenvalue weighted by atomic mass is 10.00.